The second-order valence-electron chi connectivity index (χ2n) is 8.00. The third-order valence-electron chi connectivity index (χ3n) is 5.85. The average Bonchev–Trinajstić information content (AvgIpc) is 2.94. The maximum absolute atomic E-state index is 12.6. The lowest BCUT2D eigenvalue weighted by Crippen LogP contribution is -2.54. The van der Waals surface area contributed by atoms with E-state index in [0.717, 1.165) is 64.6 Å². The van der Waals surface area contributed by atoms with E-state index in [0.29, 0.717) is 13.1 Å². The van der Waals surface area contributed by atoms with Crippen LogP contribution in [0.25, 0.3) is 0 Å². The van der Waals surface area contributed by atoms with Crippen molar-refractivity contribution in [3.8, 4) is 0 Å². The summed E-state index contributed by atoms with van der Waals surface area (Å²) in [5.74, 6) is 0.838. The Labute approximate surface area is 201 Å². The van der Waals surface area contributed by atoms with Gasteiger partial charge >= 0.3 is 6.03 Å². The van der Waals surface area contributed by atoms with Crippen LogP contribution in [0.3, 0.4) is 0 Å². The van der Waals surface area contributed by atoms with E-state index in [1.165, 1.54) is 17.7 Å². The summed E-state index contributed by atoms with van der Waals surface area (Å²) in [6.45, 7) is 8.99. The molecule has 0 aliphatic carbocycles. The number of aliphatic imine (C=N–C) groups is 1. The molecule has 3 fully saturated rings. The summed E-state index contributed by atoms with van der Waals surface area (Å²) in [5, 5.41) is 5.81. The average molecular weight is 549 g/mol. The Hall–Kier alpha value is -1.63. The Morgan fingerprint density at radius 2 is 1.68 bits per heavy atom. The fraction of sp³-hybridized carbons (Fsp3) is 0.800. The van der Waals surface area contributed by atoms with Gasteiger partial charge in [0.2, 0.25) is 11.8 Å². The van der Waals surface area contributed by atoms with E-state index in [-0.39, 0.29) is 54.9 Å². The second-order valence-corrected chi connectivity index (χ2v) is 8.00. The molecule has 0 unspecified atom stereocenters. The van der Waals surface area contributed by atoms with E-state index in [2.05, 4.69) is 25.4 Å². The number of hydrogen-bond acceptors (Lipinski definition) is 5. The minimum Gasteiger partial charge on any atom is -0.357 e. The second kappa shape index (κ2) is 13.0. The van der Waals surface area contributed by atoms with Crippen molar-refractivity contribution in [3.63, 3.8) is 0 Å². The van der Waals surface area contributed by atoms with Gasteiger partial charge in [0.05, 0.1) is 26.2 Å². The van der Waals surface area contributed by atoms with Crippen molar-refractivity contribution in [1.82, 2.24) is 30.2 Å². The predicted octanol–water partition coefficient (Wildman–Crippen LogP) is 0.142. The van der Waals surface area contributed by atoms with Gasteiger partial charge in [-0.2, -0.15) is 0 Å². The lowest BCUT2D eigenvalue weighted by atomic mass is 10.2. The van der Waals surface area contributed by atoms with Gasteiger partial charge in [-0.25, -0.2) is 4.79 Å². The van der Waals surface area contributed by atoms with Crippen LogP contribution in [0.15, 0.2) is 4.99 Å². The third-order valence-corrected chi connectivity index (χ3v) is 5.85. The minimum atomic E-state index is -0.345. The number of rotatable bonds is 6. The largest absolute Gasteiger partial charge is 0.357 e. The third kappa shape index (κ3) is 7.48. The quantitative estimate of drug-likeness (QED) is 0.212. The van der Waals surface area contributed by atoms with E-state index >= 15 is 0 Å². The zero-order valence-electron chi connectivity index (χ0n) is 18.5. The van der Waals surface area contributed by atoms with Crippen LogP contribution in [0.2, 0.25) is 0 Å². The fourth-order valence-corrected chi connectivity index (χ4v) is 4.09. The molecule has 4 amide bonds. The van der Waals surface area contributed by atoms with Gasteiger partial charge in [-0.1, -0.05) is 12.8 Å². The highest BCUT2D eigenvalue weighted by Crippen LogP contribution is 2.11. The van der Waals surface area contributed by atoms with Crippen molar-refractivity contribution in [2.75, 3.05) is 72.0 Å². The number of carbonyl (C=O) groups is 3. The molecule has 3 heterocycles. The van der Waals surface area contributed by atoms with Crippen molar-refractivity contribution in [1.29, 1.82) is 0 Å². The van der Waals surface area contributed by atoms with Crippen molar-refractivity contribution < 1.29 is 14.4 Å². The Morgan fingerprint density at radius 1 is 1.00 bits per heavy atom. The van der Waals surface area contributed by atoms with Crippen LogP contribution in [0.1, 0.15) is 32.6 Å². The number of nitrogens with zero attached hydrogens (tertiary/aromatic N) is 5. The highest BCUT2D eigenvalue weighted by atomic mass is 127. The standard InChI is InChI=1S/C20H35N7O3.HI/c1-2-21-19(22-7-10-27-17(28)15-23-20(27)30)26-13-11-24(12-14-26)16-18(29)25-8-5-3-4-6-9-25;/h2-16H2,1H3,(H,21,22)(H,23,30);1H. The van der Waals surface area contributed by atoms with Crippen molar-refractivity contribution in [3.05, 3.63) is 0 Å². The predicted molar refractivity (Wildman–Crippen MR) is 130 cm³/mol. The van der Waals surface area contributed by atoms with Gasteiger partial charge in [-0.05, 0) is 19.8 Å². The smallest absolute Gasteiger partial charge is 0.324 e. The summed E-state index contributed by atoms with van der Waals surface area (Å²) < 4.78 is 0. The molecule has 0 bridgehead atoms. The fourth-order valence-electron chi connectivity index (χ4n) is 4.09. The van der Waals surface area contributed by atoms with Crippen molar-refractivity contribution in [2.45, 2.75) is 32.6 Å². The van der Waals surface area contributed by atoms with Crippen LogP contribution in [0.4, 0.5) is 4.79 Å². The number of likely N-dealkylation sites (tertiary alicyclic amines) is 1. The van der Waals surface area contributed by atoms with Gasteiger partial charge in [0.1, 0.15) is 0 Å². The lowest BCUT2D eigenvalue weighted by molar-refractivity contribution is -0.132. The Kier molecular flexibility index (Phi) is 10.8. The number of halogens is 1. The zero-order valence-corrected chi connectivity index (χ0v) is 20.8. The highest BCUT2D eigenvalue weighted by molar-refractivity contribution is 14.0. The Balaban J connectivity index is 0.00000341. The normalized spacial score (nSPS) is 20.9. The minimum absolute atomic E-state index is 0. The number of piperazine rings is 1. The molecule has 0 aromatic rings. The molecule has 2 N–H and O–H groups in total. The van der Waals surface area contributed by atoms with Gasteiger partial charge in [0.15, 0.2) is 5.96 Å². The molecule has 3 aliphatic rings. The van der Waals surface area contributed by atoms with Gasteiger partial charge in [-0.15, -0.1) is 24.0 Å². The Morgan fingerprint density at radius 3 is 2.26 bits per heavy atom. The molecule has 3 aliphatic heterocycles. The van der Waals surface area contributed by atoms with Crippen molar-refractivity contribution in [2.24, 2.45) is 4.99 Å². The summed E-state index contributed by atoms with van der Waals surface area (Å²) in [4.78, 5) is 48.2. The van der Waals surface area contributed by atoms with E-state index < -0.39 is 0 Å². The highest BCUT2D eigenvalue weighted by Gasteiger charge is 2.28. The molecule has 11 heteroatoms. The van der Waals surface area contributed by atoms with Crippen molar-refractivity contribution >= 4 is 47.8 Å². The van der Waals surface area contributed by atoms with Crippen LogP contribution in [-0.4, -0.2) is 115 Å². The maximum Gasteiger partial charge on any atom is 0.324 e. The molecule has 0 radical (unpaired) electrons. The molecule has 0 saturated carbocycles. The summed E-state index contributed by atoms with van der Waals surface area (Å²) >= 11 is 0. The topological polar surface area (TPSA) is 101 Å². The molecule has 3 rings (SSSR count). The van der Waals surface area contributed by atoms with Gasteiger partial charge in [0, 0.05) is 45.8 Å². The van der Waals surface area contributed by atoms with E-state index in [4.69, 9.17) is 0 Å². The lowest BCUT2D eigenvalue weighted by Gasteiger charge is -2.37. The van der Waals surface area contributed by atoms with Gasteiger partial charge in [0.25, 0.3) is 0 Å². The number of imide groups is 1. The van der Waals surface area contributed by atoms with E-state index in [9.17, 15) is 14.4 Å². The van der Waals surface area contributed by atoms with Gasteiger partial charge < -0.3 is 20.4 Å². The molecule has 0 aromatic carbocycles. The molecule has 176 valence electrons. The SMILES string of the molecule is CCNC(=NCCN1C(=O)CNC1=O)N1CCN(CC(=O)N2CCCCCC2)CC1.I. The molecule has 31 heavy (non-hydrogen) atoms. The number of nitrogens with one attached hydrogen (secondary N) is 2. The summed E-state index contributed by atoms with van der Waals surface area (Å²) in [7, 11) is 0. The first-order chi connectivity index (χ1) is 14.6. The van der Waals surface area contributed by atoms with E-state index in [1.54, 1.807) is 0 Å². The molecular formula is C20H36IN7O3. The summed E-state index contributed by atoms with van der Waals surface area (Å²) in [5.41, 5.74) is 0. The monoisotopic (exact) mass is 549 g/mol. The number of urea groups is 1. The van der Waals surface area contributed by atoms with E-state index in [1.807, 2.05) is 11.8 Å². The maximum atomic E-state index is 12.6. The zero-order chi connectivity index (χ0) is 21.3. The van der Waals surface area contributed by atoms with Gasteiger partial charge in [-0.3, -0.25) is 24.4 Å². The number of amides is 4. The van der Waals surface area contributed by atoms with Crippen LogP contribution < -0.4 is 10.6 Å². The Bertz CT molecular complexity index is 629. The van der Waals surface area contributed by atoms with Crippen LogP contribution >= 0.6 is 24.0 Å². The van der Waals surface area contributed by atoms with Crippen LogP contribution in [0, 0.1) is 0 Å². The summed E-state index contributed by atoms with van der Waals surface area (Å²) in [6.07, 6.45) is 4.69. The first kappa shape index (κ1) is 25.6. The van der Waals surface area contributed by atoms with Crippen LogP contribution in [0.5, 0.6) is 0 Å². The molecule has 10 nitrogen and oxygen atoms in total. The summed E-state index contributed by atoms with van der Waals surface area (Å²) in [6, 6.07) is -0.345. The molecule has 0 aromatic heterocycles. The number of guanidine groups is 1. The first-order valence-electron chi connectivity index (χ1n) is 11.2. The molecular weight excluding hydrogens is 513 g/mol. The first-order valence-corrected chi connectivity index (χ1v) is 11.2. The molecule has 0 atom stereocenters. The number of carbonyl (C=O) groups excluding carboxylic acids is 3. The van der Waals surface area contributed by atoms with Crippen LogP contribution in [-0.2, 0) is 9.59 Å². The molecule has 0 spiro atoms. The molecule has 3 saturated heterocycles. The number of hydrogen-bond donors (Lipinski definition) is 2.